The van der Waals surface area contributed by atoms with E-state index in [0.29, 0.717) is 39.8 Å². The highest BCUT2D eigenvalue weighted by Crippen LogP contribution is 2.25. The fourth-order valence-corrected chi connectivity index (χ4v) is 17.2. The second-order valence-corrected chi connectivity index (χ2v) is 39.7. The lowest BCUT2D eigenvalue weighted by atomic mass is 9.99. The maximum absolute atomic E-state index is 14.9. The van der Waals surface area contributed by atoms with Gasteiger partial charge in [-0.3, -0.25) is 82.1 Å². The molecule has 43 nitrogen and oxygen atoms in total. The minimum absolute atomic E-state index is 0.00127. The van der Waals surface area contributed by atoms with Crippen molar-refractivity contribution in [2.24, 2.45) is 46.8 Å². The molecule has 0 bridgehead atoms. The summed E-state index contributed by atoms with van der Waals surface area (Å²) in [7, 11) is 0. The van der Waals surface area contributed by atoms with Gasteiger partial charge in [-0.05, 0) is 160 Å². The molecule has 0 spiro atoms. The largest absolute Gasteiger partial charge is 0.480 e. The van der Waals surface area contributed by atoms with Crippen LogP contribution in [0.15, 0.2) is 91.3 Å². The van der Waals surface area contributed by atoms with Gasteiger partial charge < -0.3 is 132 Å². The number of aliphatic hydroxyl groups excluding tert-OH is 2. The summed E-state index contributed by atoms with van der Waals surface area (Å²) < 4.78 is 0. The zero-order valence-electron chi connectivity index (χ0n) is 83.2. The predicted molar refractivity (Wildman–Crippen MR) is 549 cm³/mol. The predicted octanol–water partition coefficient (Wildman–Crippen LogP) is -0.797. The van der Waals surface area contributed by atoms with E-state index in [1.54, 1.807) is 121 Å². The molecule has 6 rings (SSSR count). The summed E-state index contributed by atoms with van der Waals surface area (Å²) in [6, 6.07) is 0.646. The molecule has 0 saturated carbocycles. The number of likely N-dealkylation sites (tertiary alicyclic amines) is 1. The monoisotopic (exact) mass is 2050 g/mol. The van der Waals surface area contributed by atoms with E-state index in [9.17, 15) is 96.8 Å². The van der Waals surface area contributed by atoms with Crippen LogP contribution in [0.25, 0.3) is 21.8 Å². The second-order valence-electron chi connectivity index (χ2n) is 38.0. The molecule has 0 radical (unpaired) electrons. The Bertz CT molecular complexity index is 5080. The Morgan fingerprint density at radius 3 is 1.26 bits per heavy atom. The Morgan fingerprint density at radius 1 is 0.434 bits per heavy atom. The van der Waals surface area contributed by atoms with E-state index < -0.39 is 223 Å². The third kappa shape index (κ3) is 39.9. The molecule has 16 atom stereocenters. The number of guanidine groups is 1. The number of amides is 16. The molecule has 1 aliphatic rings. The third-order valence-electron chi connectivity index (χ3n) is 23.7. The number of fused-ring (bicyclic) bond motifs is 2. The number of aromatic amines is 2. The molecule has 46 heteroatoms. The number of carboxylic acids is 1. The first-order valence-electron chi connectivity index (χ1n) is 48.6. The lowest BCUT2D eigenvalue weighted by Gasteiger charge is -2.31. The average Bonchev–Trinajstić information content (AvgIpc) is 1.71. The van der Waals surface area contributed by atoms with Crippen LogP contribution in [-0.2, 0) is 101 Å². The summed E-state index contributed by atoms with van der Waals surface area (Å²) in [5, 5.41) is 83.3. The van der Waals surface area contributed by atoms with Crippen molar-refractivity contribution in [3.63, 3.8) is 0 Å². The van der Waals surface area contributed by atoms with Gasteiger partial charge in [-0.25, -0.2) is 4.79 Å². The molecule has 143 heavy (non-hydrogen) atoms. The average molecular weight is 2050 g/mol. The Kier molecular flexibility index (Phi) is 51.1. The number of thiol groups is 2. The molecule has 28 N–H and O–H groups in total. The van der Waals surface area contributed by atoms with Crippen LogP contribution in [0.3, 0.4) is 0 Å². The number of nitrogens with one attached hydrogen (secondary N) is 19. The number of benzene rings is 3. The Hall–Kier alpha value is -12.1. The van der Waals surface area contributed by atoms with E-state index in [1.807, 2.05) is 45.9 Å². The first-order valence-corrected chi connectivity index (χ1v) is 51.2. The molecule has 790 valence electrons. The van der Waals surface area contributed by atoms with Crippen LogP contribution in [0.1, 0.15) is 169 Å². The molecule has 16 amide bonds. The van der Waals surface area contributed by atoms with Crippen molar-refractivity contribution in [2.75, 3.05) is 62.9 Å². The van der Waals surface area contributed by atoms with Gasteiger partial charge in [0.25, 0.3) is 0 Å². The van der Waals surface area contributed by atoms with Crippen molar-refractivity contribution >= 4 is 165 Å². The molecule has 1 aliphatic heterocycles. The van der Waals surface area contributed by atoms with Gasteiger partial charge in [0, 0.05) is 78.1 Å². The third-order valence-corrected chi connectivity index (χ3v) is 25.1. The number of thioether (sulfide) groups is 1. The highest BCUT2D eigenvalue weighted by Gasteiger charge is 2.43. The van der Waals surface area contributed by atoms with Crippen molar-refractivity contribution in [1.82, 2.24) is 99.9 Å². The zero-order chi connectivity index (χ0) is 106. The lowest BCUT2D eigenvalue weighted by Crippen LogP contribution is -2.61. The van der Waals surface area contributed by atoms with Gasteiger partial charge in [0.1, 0.15) is 90.6 Å². The van der Waals surface area contributed by atoms with Crippen molar-refractivity contribution in [2.45, 2.75) is 269 Å². The molecular weight excluding hydrogens is 1900 g/mol. The summed E-state index contributed by atoms with van der Waals surface area (Å²) in [6.45, 7) is 15.2. The number of aromatic nitrogens is 2. The number of carbonyl (C=O) groups is 17. The maximum atomic E-state index is 14.9. The molecular formula is C97H149N23O20S3. The number of carbonyl (C=O) groups excluding carboxylic acids is 16. The van der Waals surface area contributed by atoms with E-state index in [2.05, 4.69) is 120 Å². The molecule has 5 aromatic rings. The van der Waals surface area contributed by atoms with E-state index in [0.717, 1.165) is 10.9 Å². The quantitative estimate of drug-likeness (QED) is 0.00981. The highest BCUT2D eigenvalue weighted by molar-refractivity contribution is 7.98. The van der Waals surface area contributed by atoms with Crippen LogP contribution >= 0.6 is 37.0 Å². The summed E-state index contributed by atoms with van der Waals surface area (Å²) in [5.74, 6) is -16.6. The first-order chi connectivity index (χ1) is 67.9. The highest BCUT2D eigenvalue weighted by atomic mass is 32.2. The van der Waals surface area contributed by atoms with E-state index in [4.69, 9.17) is 22.6 Å². The summed E-state index contributed by atoms with van der Waals surface area (Å²) in [5.41, 5.74) is 20.5. The molecule has 2 aromatic heterocycles. The number of aliphatic carboxylic acids is 1. The number of nitrogens with zero attached hydrogens (tertiary/aromatic N) is 1. The lowest BCUT2D eigenvalue weighted by molar-refractivity contribution is -0.142. The standard InChI is InChI=1S/C97H149N23O20S3/c1-52(2)37-68(110-92(135)77(49-122)118-90(133)74(43-58-45-103-63-27-17-15-25-60(58)63)114-83(126)65(29-19-20-33-98)107-91(134)76(48-121)117-84(127)66(32-36-143-11)108-85(128)70(39-54(5)6)111-86(129)69(38-53(3)4)109-81(124)62(99)50-141)82(125)105-47-80(123)106-67(30-21-34-102-97(100)101)95(138)120-35-22-31-79(120)94(137)115-72(41-56(9)10)88(131)119-78(51-142)93(136)112-71(40-55(7)8)87(130)113-73(42-57-23-13-12-14-24-57)89(132)116-75(96(139)140)44-59-46-104-64-28-18-16-26-61(59)64/h12-18,23-28,45-46,52-56,62,65-79,103-104,121-122,141-142H,19-22,29-44,47-51,98-99H2,1-11H3,(H,105,125)(H,106,123)(H,107,134)(H,108,128)(H,109,124)(H,110,135)(H,111,129)(H,112,136)(H,113,130)(H,114,126)(H,115,137)(H,116,132)(H,117,127)(H,118,133)(H,119,131)(H,139,140)(H4,100,101,102)/t62-,65-,66-,67-,68-,69-,70-,71-,72-,73-,74-,75-,76-,77-,78-,79-/m0/s1. The van der Waals surface area contributed by atoms with Crippen molar-refractivity contribution in [1.29, 1.82) is 5.41 Å². The van der Waals surface area contributed by atoms with Gasteiger partial charge in [0.2, 0.25) is 94.5 Å². The van der Waals surface area contributed by atoms with Gasteiger partial charge in [-0.15, -0.1) is 0 Å². The summed E-state index contributed by atoms with van der Waals surface area (Å²) in [6.07, 6.45) is 5.64. The fraction of sp³-hybridized carbons (Fsp3) is 0.588. The van der Waals surface area contributed by atoms with Crippen molar-refractivity contribution < 1.29 is 96.8 Å². The molecule has 1 fully saturated rings. The number of nitrogens with two attached hydrogens (primary N) is 3. The van der Waals surface area contributed by atoms with Crippen molar-refractivity contribution in [3.05, 3.63) is 108 Å². The van der Waals surface area contributed by atoms with E-state index in [1.165, 1.54) is 16.7 Å². The topological polar surface area (TPSA) is 680 Å². The minimum atomic E-state index is -1.83. The molecule has 0 unspecified atom stereocenters. The SMILES string of the molecule is CSCC[C@H](NC(=O)[C@H](CC(C)C)NC(=O)[C@H](CC(C)C)NC(=O)[C@@H](N)CS)C(=O)N[C@@H](CO)C(=O)N[C@@H](CCCCN)C(=O)N[C@@H](Cc1c[nH]c2ccccc12)C(=O)N[C@@H](CO)C(=O)N[C@@H](CC(C)C)C(=O)NCC(=O)N[C@@H](CCCNC(=N)N)C(=O)N1CCC[C@H]1C(=O)N[C@@H](CC(C)C)C(=O)N[C@@H](CS)C(=O)N[C@@H](CC(C)C)C(=O)N[C@@H](Cc1ccccc1)C(=O)N[C@@H](Cc1c[nH]c2ccccc12)C(=O)O. The Morgan fingerprint density at radius 2 is 0.811 bits per heavy atom. The number of aliphatic hydroxyl groups is 2. The molecule has 1 saturated heterocycles. The molecule has 0 aliphatic carbocycles. The van der Waals surface area contributed by atoms with Crippen LogP contribution < -0.4 is 102 Å². The van der Waals surface area contributed by atoms with Gasteiger partial charge >= 0.3 is 5.97 Å². The van der Waals surface area contributed by atoms with Crippen LogP contribution in [0.4, 0.5) is 0 Å². The van der Waals surface area contributed by atoms with Gasteiger partial charge in [0.15, 0.2) is 5.96 Å². The zero-order valence-corrected chi connectivity index (χ0v) is 85.8. The van der Waals surface area contributed by atoms with Gasteiger partial charge in [0.05, 0.1) is 25.8 Å². The number of para-hydroxylation sites is 2. The molecule has 3 heterocycles. The number of unbranched alkanes of at least 4 members (excludes halogenated alkanes) is 1. The summed E-state index contributed by atoms with van der Waals surface area (Å²) in [4.78, 5) is 250. The summed E-state index contributed by atoms with van der Waals surface area (Å²) >= 11 is 9.84. The number of hydrogen-bond donors (Lipinski definition) is 27. The fourth-order valence-electron chi connectivity index (χ4n) is 16.3. The van der Waals surface area contributed by atoms with Gasteiger partial charge in [-0.2, -0.15) is 37.0 Å². The van der Waals surface area contributed by atoms with Crippen LogP contribution in [0.2, 0.25) is 0 Å². The van der Waals surface area contributed by atoms with E-state index >= 15 is 0 Å². The van der Waals surface area contributed by atoms with E-state index in [-0.39, 0.29) is 157 Å². The molecule has 3 aromatic carbocycles. The van der Waals surface area contributed by atoms with Crippen LogP contribution in [0, 0.1) is 35.0 Å². The van der Waals surface area contributed by atoms with Crippen molar-refractivity contribution in [3.8, 4) is 0 Å². The number of carboxylic acid groups (broad SMARTS) is 1. The first kappa shape index (κ1) is 120. The number of hydrogen-bond acceptors (Lipinski definition) is 25. The van der Waals surface area contributed by atoms with Crippen LogP contribution in [-0.4, -0.2) is 296 Å². The minimum Gasteiger partial charge on any atom is -0.480 e. The second kappa shape index (κ2) is 61.1. The van der Waals surface area contributed by atoms with Crippen LogP contribution in [0.5, 0.6) is 0 Å². The maximum Gasteiger partial charge on any atom is 0.326 e. The Labute approximate surface area is 849 Å². The smallest absolute Gasteiger partial charge is 0.326 e. The number of H-pyrrole nitrogens is 2. The Balaban J connectivity index is 1.14. The number of rotatable bonds is 63. The normalized spacial score (nSPS) is 15.7. The van der Waals surface area contributed by atoms with Gasteiger partial charge in [-0.1, -0.05) is 136 Å².